The molecule has 1 N–H and O–H groups in total. The number of carbonyl (C=O) groups is 1. The summed E-state index contributed by atoms with van der Waals surface area (Å²) < 4.78 is 25.1. The highest BCUT2D eigenvalue weighted by atomic mass is 32.2. The molecule has 1 aliphatic rings. The summed E-state index contributed by atoms with van der Waals surface area (Å²) in [5.41, 5.74) is 2.23. The molecule has 134 valence electrons. The van der Waals surface area contributed by atoms with Crippen molar-refractivity contribution < 1.29 is 13.2 Å². The van der Waals surface area contributed by atoms with Gasteiger partial charge in [0.2, 0.25) is 0 Å². The van der Waals surface area contributed by atoms with Gasteiger partial charge < -0.3 is 5.32 Å². The number of anilines is 1. The Labute approximate surface area is 150 Å². The van der Waals surface area contributed by atoms with Crippen LogP contribution >= 0.6 is 0 Å². The number of hydrogen-bond acceptors (Lipinski definition) is 6. The number of benzene rings is 1. The van der Waals surface area contributed by atoms with Gasteiger partial charge in [0.25, 0.3) is 5.91 Å². The summed E-state index contributed by atoms with van der Waals surface area (Å²) >= 11 is 0. The number of aromatic nitrogens is 4. The lowest BCUT2D eigenvalue weighted by molar-refractivity contribution is 0.102. The molecule has 1 amide bonds. The molecule has 2 aromatic heterocycles. The number of fused-ring (bicyclic) bond motifs is 1. The molecule has 0 radical (unpaired) electrons. The molecule has 1 atom stereocenters. The Morgan fingerprint density at radius 3 is 2.77 bits per heavy atom. The Morgan fingerprint density at radius 1 is 1.27 bits per heavy atom. The van der Waals surface area contributed by atoms with Crippen molar-refractivity contribution >= 4 is 32.6 Å². The van der Waals surface area contributed by atoms with Gasteiger partial charge in [-0.2, -0.15) is 5.10 Å². The molecule has 3 heterocycles. The molecule has 1 saturated heterocycles. The third-order valence-corrected chi connectivity index (χ3v) is 6.09. The molecular weight excluding hydrogens is 354 g/mol. The van der Waals surface area contributed by atoms with Crippen LogP contribution in [0.15, 0.2) is 36.5 Å². The highest BCUT2D eigenvalue weighted by molar-refractivity contribution is 7.91. The average Bonchev–Trinajstić information content (AvgIpc) is 3.16. The quantitative estimate of drug-likeness (QED) is 0.752. The molecule has 0 bridgehead atoms. The number of hydrogen-bond donors (Lipinski definition) is 1. The zero-order chi connectivity index (χ0) is 18.3. The maximum atomic E-state index is 12.6. The molecule has 0 spiro atoms. The number of rotatable bonds is 3. The third kappa shape index (κ3) is 3.17. The van der Waals surface area contributed by atoms with Gasteiger partial charge in [0.05, 0.1) is 40.5 Å². The number of amides is 1. The summed E-state index contributed by atoms with van der Waals surface area (Å²) in [4.78, 5) is 21.2. The van der Waals surface area contributed by atoms with Gasteiger partial charge in [-0.05, 0) is 25.5 Å². The smallest absolute Gasteiger partial charge is 0.277 e. The summed E-state index contributed by atoms with van der Waals surface area (Å²) in [6, 6.07) is 8.74. The SMILES string of the molecule is Cc1cc(NC(=O)c2cnc3ccccc3n2)n(C2CCS(=O)(=O)C2)n1. The van der Waals surface area contributed by atoms with E-state index in [0.29, 0.717) is 29.0 Å². The first-order chi connectivity index (χ1) is 12.4. The van der Waals surface area contributed by atoms with E-state index in [1.807, 2.05) is 18.2 Å². The molecule has 3 aromatic rings. The minimum atomic E-state index is -3.05. The predicted molar refractivity (Wildman–Crippen MR) is 96.8 cm³/mol. The van der Waals surface area contributed by atoms with Gasteiger partial charge in [0.1, 0.15) is 11.5 Å². The highest BCUT2D eigenvalue weighted by Crippen LogP contribution is 2.27. The van der Waals surface area contributed by atoms with Gasteiger partial charge in [-0.15, -0.1) is 0 Å². The maximum Gasteiger partial charge on any atom is 0.277 e. The van der Waals surface area contributed by atoms with E-state index >= 15 is 0 Å². The Morgan fingerprint density at radius 2 is 2.04 bits per heavy atom. The number of nitrogens with zero attached hydrogens (tertiary/aromatic N) is 4. The lowest BCUT2D eigenvalue weighted by Gasteiger charge is -2.13. The fourth-order valence-electron chi connectivity index (χ4n) is 3.10. The molecule has 26 heavy (non-hydrogen) atoms. The largest absolute Gasteiger partial charge is 0.305 e. The van der Waals surface area contributed by atoms with E-state index in [4.69, 9.17) is 0 Å². The van der Waals surface area contributed by atoms with E-state index in [0.717, 1.165) is 0 Å². The summed E-state index contributed by atoms with van der Waals surface area (Å²) in [5.74, 6) is 0.224. The van der Waals surface area contributed by atoms with Crippen LogP contribution in [-0.4, -0.2) is 45.6 Å². The van der Waals surface area contributed by atoms with E-state index < -0.39 is 15.7 Å². The molecule has 1 fully saturated rings. The number of carbonyl (C=O) groups excluding carboxylic acids is 1. The number of aryl methyl sites for hydroxylation is 1. The maximum absolute atomic E-state index is 12.6. The monoisotopic (exact) mass is 371 g/mol. The average molecular weight is 371 g/mol. The van der Waals surface area contributed by atoms with Crippen molar-refractivity contribution in [3.8, 4) is 0 Å². The van der Waals surface area contributed by atoms with Crippen LogP contribution < -0.4 is 5.32 Å². The minimum Gasteiger partial charge on any atom is -0.305 e. The summed E-state index contributed by atoms with van der Waals surface area (Å²) in [6.07, 6.45) is 1.91. The lowest BCUT2D eigenvalue weighted by atomic mass is 10.2. The summed E-state index contributed by atoms with van der Waals surface area (Å²) in [7, 11) is -3.05. The molecule has 8 nitrogen and oxygen atoms in total. The molecule has 0 aliphatic carbocycles. The van der Waals surface area contributed by atoms with Gasteiger partial charge in [-0.1, -0.05) is 12.1 Å². The highest BCUT2D eigenvalue weighted by Gasteiger charge is 2.31. The molecule has 9 heteroatoms. The first-order valence-corrected chi connectivity index (χ1v) is 10.0. The standard InChI is InChI=1S/C17H17N5O3S/c1-11-8-16(22(21-11)12-6-7-26(24,25)10-12)20-17(23)15-9-18-13-4-2-3-5-14(13)19-15/h2-5,8-9,12H,6-7,10H2,1H3,(H,20,23). The normalized spacial score (nSPS) is 18.9. The number of sulfone groups is 1. The van der Waals surface area contributed by atoms with Gasteiger partial charge in [0, 0.05) is 6.07 Å². The van der Waals surface area contributed by atoms with E-state index in [-0.39, 0.29) is 23.2 Å². The van der Waals surface area contributed by atoms with Crippen molar-refractivity contribution in [3.05, 3.63) is 47.9 Å². The first-order valence-electron chi connectivity index (χ1n) is 8.21. The second kappa shape index (κ2) is 6.17. The van der Waals surface area contributed by atoms with Gasteiger partial charge >= 0.3 is 0 Å². The Kier molecular flexibility index (Phi) is 3.95. The second-order valence-corrected chi connectivity index (χ2v) is 8.60. The van der Waals surface area contributed by atoms with E-state index in [1.165, 1.54) is 6.20 Å². The van der Waals surface area contributed by atoms with Gasteiger partial charge in [-0.25, -0.2) is 18.1 Å². The van der Waals surface area contributed by atoms with Crippen LogP contribution in [0.5, 0.6) is 0 Å². The van der Waals surface area contributed by atoms with Crippen LogP contribution in [0.25, 0.3) is 11.0 Å². The molecular formula is C17H17N5O3S. The van der Waals surface area contributed by atoms with Gasteiger partial charge in [0.15, 0.2) is 9.84 Å². The van der Waals surface area contributed by atoms with Crippen LogP contribution in [-0.2, 0) is 9.84 Å². The fraction of sp³-hybridized carbons (Fsp3) is 0.294. The van der Waals surface area contributed by atoms with Crippen molar-refractivity contribution in [1.82, 2.24) is 19.7 Å². The zero-order valence-electron chi connectivity index (χ0n) is 14.1. The first kappa shape index (κ1) is 16.6. The molecule has 1 aromatic carbocycles. The van der Waals surface area contributed by atoms with E-state index in [9.17, 15) is 13.2 Å². The molecule has 0 saturated carbocycles. The summed E-state index contributed by atoms with van der Waals surface area (Å²) in [6.45, 7) is 1.80. The van der Waals surface area contributed by atoms with E-state index in [2.05, 4.69) is 20.4 Å². The van der Waals surface area contributed by atoms with Crippen molar-refractivity contribution in [2.75, 3.05) is 16.8 Å². The second-order valence-electron chi connectivity index (χ2n) is 6.37. The van der Waals surface area contributed by atoms with Gasteiger partial charge in [-0.3, -0.25) is 9.78 Å². The third-order valence-electron chi connectivity index (χ3n) is 4.33. The van der Waals surface area contributed by atoms with Crippen molar-refractivity contribution in [2.24, 2.45) is 0 Å². The van der Waals surface area contributed by atoms with Crippen LogP contribution in [0, 0.1) is 6.92 Å². The fourth-order valence-corrected chi connectivity index (χ4v) is 4.80. The minimum absolute atomic E-state index is 0.0345. The Bertz CT molecular complexity index is 1110. The molecule has 4 rings (SSSR count). The molecule has 1 unspecified atom stereocenters. The predicted octanol–water partition coefficient (Wildman–Crippen LogP) is 1.75. The zero-order valence-corrected chi connectivity index (χ0v) is 14.9. The number of para-hydroxylation sites is 2. The van der Waals surface area contributed by atoms with E-state index in [1.54, 1.807) is 23.7 Å². The van der Waals surface area contributed by atoms with Crippen molar-refractivity contribution in [3.63, 3.8) is 0 Å². The van der Waals surface area contributed by atoms with Crippen LogP contribution in [0.1, 0.15) is 28.6 Å². The molecule has 1 aliphatic heterocycles. The van der Waals surface area contributed by atoms with Crippen LogP contribution in [0.4, 0.5) is 5.82 Å². The number of nitrogens with one attached hydrogen (secondary N) is 1. The van der Waals surface area contributed by atoms with Crippen LogP contribution in [0.3, 0.4) is 0 Å². The Hall–Kier alpha value is -2.81. The van der Waals surface area contributed by atoms with Crippen LogP contribution in [0.2, 0.25) is 0 Å². The van der Waals surface area contributed by atoms with Crippen molar-refractivity contribution in [2.45, 2.75) is 19.4 Å². The topological polar surface area (TPSA) is 107 Å². The summed E-state index contributed by atoms with van der Waals surface area (Å²) in [5, 5.41) is 7.14. The Balaban J connectivity index is 1.61. The van der Waals surface area contributed by atoms with Crippen molar-refractivity contribution in [1.29, 1.82) is 0 Å². The lowest BCUT2D eigenvalue weighted by Crippen LogP contribution is -2.20.